The summed E-state index contributed by atoms with van der Waals surface area (Å²) in [5.74, 6) is 0.878. The van der Waals surface area contributed by atoms with E-state index in [4.69, 9.17) is 0 Å². The van der Waals surface area contributed by atoms with Crippen molar-refractivity contribution in [3.05, 3.63) is 48.0 Å². The van der Waals surface area contributed by atoms with E-state index in [9.17, 15) is 5.11 Å². The fraction of sp³-hybridized carbons (Fsp3) is 0.609. The number of hydrogen-bond donors (Lipinski definition) is 3. The first-order chi connectivity index (χ1) is 14.2. The molecule has 0 bridgehead atoms. The first-order valence-corrected chi connectivity index (χ1v) is 10.9. The quantitative estimate of drug-likeness (QED) is 0.220. The van der Waals surface area contributed by atoms with Crippen LogP contribution in [0.4, 0.5) is 0 Å². The van der Waals surface area contributed by atoms with Crippen LogP contribution in [0, 0.1) is 0 Å². The fourth-order valence-electron chi connectivity index (χ4n) is 4.11. The third kappa shape index (κ3) is 8.17. The van der Waals surface area contributed by atoms with Crippen LogP contribution in [-0.2, 0) is 13.1 Å². The molecule has 0 atom stereocenters. The molecule has 0 aliphatic carbocycles. The van der Waals surface area contributed by atoms with Gasteiger partial charge in [0.2, 0.25) is 0 Å². The zero-order valence-electron chi connectivity index (χ0n) is 18.2. The molecule has 2 heterocycles. The fourth-order valence-corrected chi connectivity index (χ4v) is 4.11. The van der Waals surface area contributed by atoms with Gasteiger partial charge in [0, 0.05) is 58.9 Å². The van der Waals surface area contributed by atoms with E-state index in [1.165, 1.54) is 11.1 Å². The van der Waals surface area contributed by atoms with Crippen molar-refractivity contribution < 1.29 is 5.11 Å². The lowest BCUT2D eigenvalue weighted by molar-refractivity contribution is 0.0792. The van der Waals surface area contributed by atoms with Crippen molar-refractivity contribution in [1.29, 1.82) is 0 Å². The molecule has 3 rings (SSSR count). The van der Waals surface area contributed by atoms with Gasteiger partial charge in [0.25, 0.3) is 0 Å². The average molecular weight is 527 g/mol. The predicted molar refractivity (Wildman–Crippen MR) is 135 cm³/mol. The lowest BCUT2D eigenvalue weighted by Gasteiger charge is -2.32. The summed E-state index contributed by atoms with van der Waals surface area (Å²) in [7, 11) is 1.83. The van der Waals surface area contributed by atoms with Crippen LogP contribution in [0.1, 0.15) is 36.8 Å². The summed E-state index contributed by atoms with van der Waals surface area (Å²) in [6, 6.07) is 9.30. The molecule has 1 aromatic carbocycles. The largest absolute Gasteiger partial charge is 0.393 e. The van der Waals surface area contributed by atoms with E-state index in [1.54, 1.807) is 0 Å². The minimum absolute atomic E-state index is 0. The molecule has 0 amide bonds. The van der Waals surface area contributed by atoms with Crippen LogP contribution in [0.2, 0.25) is 0 Å². The second kappa shape index (κ2) is 13.3. The van der Waals surface area contributed by atoms with Gasteiger partial charge < -0.3 is 15.7 Å². The van der Waals surface area contributed by atoms with E-state index in [-0.39, 0.29) is 30.1 Å². The predicted octanol–water partition coefficient (Wildman–Crippen LogP) is 2.58. The minimum Gasteiger partial charge on any atom is -0.393 e. The summed E-state index contributed by atoms with van der Waals surface area (Å²) in [5, 5.41) is 16.6. The van der Waals surface area contributed by atoms with Gasteiger partial charge in [-0.25, -0.2) is 0 Å². The number of aliphatic hydroxyl groups excluding tert-OH is 1. The highest BCUT2D eigenvalue weighted by molar-refractivity contribution is 14.0. The third-order valence-corrected chi connectivity index (χ3v) is 5.99. The Morgan fingerprint density at radius 3 is 2.27 bits per heavy atom. The van der Waals surface area contributed by atoms with Crippen molar-refractivity contribution in [2.45, 2.75) is 50.9 Å². The summed E-state index contributed by atoms with van der Waals surface area (Å²) in [6.07, 6.45) is 5.93. The molecule has 0 unspecified atom stereocenters. The van der Waals surface area contributed by atoms with Crippen LogP contribution < -0.4 is 10.6 Å². The second-order valence-corrected chi connectivity index (χ2v) is 8.26. The van der Waals surface area contributed by atoms with Gasteiger partial charge in [-0.15, -0.1) is 30.6 Å². The number of rotatable bonds is 7. The molecule has 0 saturated carbocycles. The van der Waals surface area contributed by atoms with Gasteiger partial charge in [-0.1, -0.05) is 30.3 Å². The first kappa shape index (κ1) is 25.1. The monoisotopic (exact) mass is 527 g/mol. The molecule has 3 N–H and O–H groups in total. The summed E-state index contributed by atoms with van der Waals surface area (Å²) in [5.41, 5.74) is 2.59. The minimum atomic E-state index is -0.109. The van der Waals surface area contributed by atoms with E-state index in [2.05, 4.69) is 56.3 Å². The Hall–Kier alpha value is -1.16. The highest BCUT2D eigenvalue weighted by Crippen LogP contribution is 2.14. The molecule has 0 radical (unpaired) electrons. The number of piperidine rings is 2. The van der Waals surface area contributed by atoms with Gasteiger partial charge in [0.05, 0.1) is 6.10 Å². The SMILES string of the molecule is C=CCN1CCC(NC(=NC)NCc2ccc(CN3CCC(O)CC3)cc2)CC1.I. The average Bonchev–Trinajstić information content (AvgIpc) is 2.75. The van der Waals surface area contributed by atoms with Gasteiger partial charge in [-0.3, -0.25) is 14.8 Å². The summed E-state index contributed by atoms with van der Waals surface area (Å²) in [4.78, 5) is 9.25. The maximum Gasteiger partial charge on any atom is 0.191 e. The lowest BCUT2D eigenvalue weighted by atomic mass is 10.1. The molecule has 0 aromatic heterocycles. The van der Waals surface area contributed by atoms with Crippen LogP contribution in [0.25, 0.3) is 0 Å². The van der Waals surface area contributed by atoms with Gasteiger partial charge in [-0.2, -0.15) is 0 Å². The number of nitrogens with zero attached hydrogens (tertiary/aromatic N) is 3. The first-order valence-electron chi connectivity index (χ1n) is 10.9. The van der Waals surface area contributed by atoms with Crippen LogP contribution in [0.3, 0.4) is 0 Å². The molecular formula is C23H38IN5O. The van der Waals surface area contributed by atoms with Crippen LogP contribution in [0.5, 0.6) is 0 Å². The van der Waals surface area contributed by atoms with Crippen molar-refractivity contribution in [3.63, 3.8) is 0 Å². The van der Waals surface area contributed by atoms with E-state index in [1.807, 2.05) is 13.1 Å². The highest BCUT2D eigenvalue weighted by atomic mass is 127. The molecule has 2 aliphatic heterocycles. The van der Waals surface area contributed by atoms with E-state index < -0.39 is 0 Å². The number of benzene rings is 1. The van der Waals surface area contributed by atoms with Crippen LogP contribution in [-0.4, -0.2) is 72.8 Å². The van der Waals surface area contributed by atoms with Crippen molar-refractivity contribution in [2.75, 3.05) is 39.8 Å². The number of guanidine groups is 1. The molecule has 0 spiro atoms. The Bertz CT molecular complexity index is 650. The number of nitrogens with one attached hydrogen (secondary N) is 2. The summed E-state index contributed by atoms with van der Waals surface area (Å²) < 4.78 is 0. The second-order valence-electron chi connectivity index (χ2n) is 8.26. The third-order valence-electron chi connectivity index (χ3n) is 5.99. The normalized spacial score (nSPS) is 19.9. The maximum atomic E-state index is 9.64. The number of aliphatic hydroxyl groups is 1. The zero-order valence-corrected chi connectivity index (χ0v) is 20.6. The highest BCUT2D eigenvalue weighted by Gasteiger charge is 2.19. The van der Waals surface area contributed by atoms with E-state index >= 15 is 0 Å². The van der Waals surface area contributed by atoms with Crippen molar-refractivity contribution in [2.24, 2.45) is 4.99 Å². The number of aliphatic imine (C=N–C) groups is 1. The number of likely N-dealkylation sites (tertiary alicyclic amines) is 2. The Labute approximate surface area is 198 Å². The molecule has 2 aliphatic rings. The lowest BCUT2D eigenvalue weighted by Crippen LogP contribution is -2.48. The van der Waals surface area contributed by atoms with Crippen molar-refractivity contribution in [1.82, 2.24) is 20.4 Å². The Kier molecular flexibility index (Phi) is 11.1. The molecule has 1 aromatic rings. The van der Waals surface area contributed by atoms with Crippen molar-refractivity contribution in [3.8, 4) is 0 Å². The van der Waals surface area contributed by atoms with Gasteiger partial charge in [0.1, 0.15) is 0 Å². The molecular weight excluding hydrogens is 489 g/mol. The van der Waals surface area contributed by atoms with E-state index in [0.29, 0.717) is 6.04 Å². The molecule has 2 saturated heterocycles. The molecule has 168 valence electrons. The smallest absolute Gasteiger partial charge is 0.191 e. The van der Waals surface area contributed by atoms with Gasteiger partial charge in [0.15, 0.2) is 5.96 Å². The van der Waals surface area contributed by atoms with Crippen molar-refractivity contribution >= 4 is 29.9 Å². The number of hydrogen-bond acceptors (Lipinski definition) is 4. The summed E-state index contributed by atoms with van der Waals surface area (Å²) in [6.45, 7) is 10.7. The van der Waals surface area contributed by atoms with Gasteiger partial charge in [-0.05, 0) is 36.8 Å². The molecule has 30 heavy (non-hydrogen) atoms. The maximum absolute atomic E-state index is 9.64. The van der Waals surface area contributed by atoms with E-state index in [0.717, 1.165) is 77.5 Å². The van der Waals surface area contributed by atoms with Crippen LogP contribution in [0.15, 0.2) is 41.9 Å². The molecule has 7 heteroatoms. The Morgan fingerprint density at radius 2 is 1.67 bits per heavy atom. The molecule has 2 fully saturated rings. The topological polar surface area (TPSA) is 63.1 Å². The van der Waals surface area contributed by atoms with Gasteiger partial charge >= 0.3 is 0 Å². The zero-order chi connectivity index (χ0) is 20.5. The Balaban J connectivity index is 0.00000320. The van der Waals surface area contributed by atoms with Crippen LogP contribution >= 0.6 is 24.0 Å². The number of halogens is 1. The summed E-state index contributed by atoms with van der Waals surface area (Å²) >= 11 is 0. The Morgan fingerprint density at radius 1 is 1.07 bits per heavy atom. The molecule has 6 nitrogen and oxygen atoms in total. The standard InChI is InChI=1S/C23H37N5O.HI/c1-3-12-27-13-8-21(9-14-27)26-23(24-2)25-17-19-4-6-20(7-5-19)18-28-15-10-22(29)11-16-28;/h3-7,21-22,29H,1,8-18H2,2H3,(H2,24,25,26);1H.